The van der Waals surface area contributed by atoms with Crippen molar-refractivity contribution >= 4 is 5.91 Å². The van der Waals surface area contributed by atoms with Crippen LogP contribution in [0.4, 0.5) is 0 Å². The lowest BCUT2D eigenvalue weighted by Gasteiger charge is -2.17. The first-order valence-corrected chi connectivity index (χ1v) is 7.31. The minimum atomic E-state index is 0.141. The Bertz CT molecular complexity index is 268. The molecule has 3 heteroatoms. The van der Waals surface area contributed by atoms with Gasteiger partial charge < -0.3 is 10.4 Å². The van der Waals surface area contributed by atoms with Gasteiger partial charge in [0.25, 0.3) is 0 Å². The highest BCUT2D eigenvalue weighted by Crippen LogP contribution is 2.19. The zero-order valence-electron chi connectivity index (χ0n) is 11.6. The van der Waals surface area contributed by atoms with E-state index in [2.05, 4.69) is 18.3 Å². The van der Waals surface area contributed by atoms with Crippen molar-refractivity contribution in [2.45, 2.75) is 58.3 Å². The Hall–Kier alpha value is -0.830. The first-order chi connectivity index (χ1) is 8.76. The molecule has 0 aromatic heterocycles. The molecule has 18 heavy (non-hydrogen) atoms. The van der Waals surface area contributed by atoms with Crippen molar-refractivity contribution in [3.8, 4) is 0 Å². The number of carbonyl (C=O) groups is 1. The van der Waals surface area contributed by atoms with Gasteiger partial charge in [0.05, 0.1) is 0 Å². The quantitative estimate of drug-likeness (QED) is 0.653. The van der Waals surface area contributed by atoms with Crippen molar-refractivity contribution in [2.24, 2.45) is 5.92 Å². The maximum absolute atomic E-state index is 11.8. The molecule has 0 bridgehead atoms. The van der Waals surface area contributed by atoms with Gasteiger partial charge in [-0.3, -0.25) is 4.79 Å². The number of amides is 1. The lowest BCUT2D eigenvalue weighted by Crippen LogP contribution is -2.30. The number of rotatable bonds is 8. The molecule has 104 valence electrons. The van der Waals surface area contributed by atoms with Crippen LogP contribution in [0.15, 0.2) is 11.6 Å². The summed E-state index contributed by atoms with van der Waals surface area (Å²) in [6, 6.07) is 0. The fourth-order valence-electron chi connectivity index (χ4n) is 2.53. The molecule has 1 amide bonds. The van der Waals surface area contributed by atoms with Gasteiger partial charge in [0.15, 0.2) is 0 Å². The zero-order chi connectivity index (χ0) is 13.2. The summed E-state index contributed by atoms with van der Waals surface area (Å²) in [6.07, 6.45) is 10.5. The lowest BCUT2D eigenvalue weighted by atomic mass is 9.96. The fourth-order valence-corrected chi connectivity index (χ4v) is 2.53. The second kappa shape index (κ2) is 9.15. The number of hydrogen-bond donors (Lipinski definition) is 2. The van der Waals surface area contributed by atoms with Crippen LogP contribution >= 0.6 is 0 Å². The number of nitrogens with one attached hydrogen (secondary N) is 1. The molecular formula is C15H27NO2. The van der Waals surface area contributed by atoms with Crippen molar-refractivity contribution in [1.82, 2.24) is 5.32 Å². The van der Waals surface area contributed by atoms with Gasteiger partial charge in [-0.1, -0.05) is 25.0 Å². The van der Waals surface area contributed by atoms with Crippen molar-refractivity contribution in [3.05, 3.63) is 11.6 Å². The van der Waals surface area contributed by atoms with Gasteiger partial charge >= 0.3 is 0 Å². The Labute approximate surface area is 111 Å². The summed E-state index contributed by atoms with van der Waals surface area (Å²) in [6.45, 7) is 3.06. The van der Waals surface area contributed by atoms with Gasteiger partial charge in [0, 0.05) is 19.6 Å². The van der Waals surface area contributed by atoms with E-state index in [-0.39, 0.29) is 12.5 Å². The maximum Gasteiger partial charge on any atom is 0.224 e. The molecule has 1 aliphatic rings. The van der Waals surface area contributed by atoms with Gasteiger partial charge in [-0.15, -0.1) is 0 Å². The molecular weight excluding hydrogens is 226 g/mol. The third-order valence-electron chi connectivity index (χ3n) is 3.59. The number of allylic oxidation sites excluding steroid dienone is 1. The van der Waals surface area contributed by atoms with Crippen LogP contribution in [0.2, 0.25) is 0 Å². The molecule has 1 atom stereocenters. The Kier molecular flexibility index (Phi) is 7.74. The largest absolute Gasteiger partial charge is 0.396 e. The number of aliphatic hydroxyl groups excluding tert-OH is 1. The predicted molar refractivity (Wildman–Crippen MR) is 74.3 cm³/mol. The third-order valence-corrected chi connectivity index (χ3v) is 3.59. The minimum Gasteiger partial charge on any atom is -0.396 e. The van der Waals surface area contributed by atoms with Gasteiger partial charge in [-0.05, 0) is 44.4 Å². The van der Waals surface area contributed by atoms with Crippen LogP contribution in [0, 0.1) is 5.92 Å². The molecule has 1 unspecified atom stereocenters. The van der Waals surface area contributed by atoms with E-state index in [9.17, 15) is 4.79 Å². The Morgan fingerprint density at radius 3 is 2.89 bits per heavy atom. The molecule has 0 fully saturated rings. The average Bonchev–Trinajstić information content (AvgIpc) is 2.38. The highest BCUT2D eigenvalue weighted by Gasteiger charge is 2.11. The fraction of sp³-hybridized carbons (Fsp3) is 0.800. The highest BCUT2D eigenvalue weighted by atomic mass is 16.3. The molecule has 0 aromatic carbocycles. The Balaban J connectivity index is 2.23. The lowest BCUT2D eigenvalue weighted by molar-refractivity contribution is -0.120. The van der Waals surface area contributed by atoms with E-state index in [0.717, 1.165) is 32.1 Å². The Morgan fingerprint density at radius 2 is 2.28 bits per heavy atom. The van der Waals surface area contributed by atoms with Gasteiger partial charge in [0.1, 0.15) is 0 Å². The van der Waals surface area contributed by atoms with E-state index in [1.807, 2.05) is 0 Å². The second-order valence-corrected chi connectivity index (χ2v) is 5.26. The molecule has 0 aliphatic heterocycles. The molecule has 0 aromatic rings. The van der Waals surface area contributed by atoms with Crippen LogP contribution in [0.5, 0.6) is 0 Å². The molecule has 0 saturated heterocycles. The average molecular weight is 253 g/mol. The van der Waals surface area contributed by atoms with Gasteiger partial charge in [0.2, 0.25) is 5.91 Å². The summed E-state index contributed by atoms with van der Waals surface area (Å²) < 4.78 is 0. The summed E-state index contributed by atoms with van der Waals surface area (Å²) in [4.78, 5) is 11.8. The van der Waals surface area contributed by atoms with E-state index >= 15 is 0 Å². The van der Waals surface area contributed by atoms with Crippen LogP contribution in [0.1, 0.15) is 58.3 Å². The Morgan fingerprint density at radius 1 is 1.44 bits per heavy atom. The smallest absolute Gasteiger partial charge is 0.224 e. The summed E-state index contributed by atoms with van der Waals surface area (Å²) in [5.74, 6) is 0.562. The maximum atomic E-state index is 11.8. The first kappa shape index (κ1) is 15.2. The van der Waals surface area contributed by atoms with Gasteiger partial charge in [-0.25, -0.2) is 0 Å². The summed E-state index contributed by atoms with van der Waals surface area (Å²) in [5, 5.41) is 12.0. The predicted octanol–water partition coefficient (Wildman–Crippen LogP) is 2.79. The van der Waals surface area contributed by atoms with Crippen LogP contribution in [0.3, 0.4) is 0 Å². The topological polar surface area (TPSA) is 49.3 Å². The summed E-state index contributed by atoms with van der Waals surface area (Å²) in [7, 11) is 0. The van der Waals surface area contributed by atoms with Gasteiger partial charge in [-0.2, -0.15) is 0 Å². The van der Waals surface area contributed by atoms with E-state index in [0.29, 0.717) is 18.9 Å². The van der Waals surface area contributed by atoms with E-state index in [1.54, 1.807) is 0 Å². The highest BCUT2D eigenvalue weighted by molar-refractivity contribution is 5.78. The van der Waals surface area contributed by atoms with Crippen LogP contribution < -0.4 is 5.32 Å². The van der Waals surface area contributed by atoms with Crippen LogP contribution in [0.25, 0.3) is 0 Å². The third kappa shape index (κ3) is 6.20. The number of aliphatic hydroxyl groups is 1. The first-order valence-electron chi connectivity index (χ1n) is 7.31. The van der Waals surface area contributed by atoms with Crippen molar-refractivity contribution in [3.63, 3.8) is 0 Å². The second-order valence-electron chi connectivity index (χ2n) is 5.26. The van der Waals surface area contributed by atoms with Crippen molar-refractivity contribution in [1.29, 1.82) is 0 Å². The zero-order valence-corrected chi connectivity index (χ0v) is 11.6. The van der Waals surface area contributed by atoms with Crippen LogP contribution in [-0.2, 0) is 4.79 Å². The van der Waals surface area contributed by atoms with E-state index < -0.39 is 0 Å². The standard InChI is InChI=1S/C15H27NO2/c1-2-6-14(9-10-17)12-16-15(18)11-13-7-4-3-5-8-13/h7,14,17H,2-6,8-12H2,1H3,(H,16,18). The summed E-state index contributed by atoms with van der Waals surface area (Å²) >= 11 is 0. The minimum absolute atomic E-state index is 0.141. The number of carbonyl (C=O) groups excluding carboxylic acids is 1. The van der Waals surface area contributed by atoms with E-state index in [1.165, 1.54) is 18.4 Å². The number of hydrogen-bond acceptors (Lipinski definition) is 2. The summed E-state index contributed by atoms with van der Waals surface area (Å²) in [5.41, 5.74) is 1.30. The molecule has 0 saturated carbocycles. The van der Waals surface area contributed by atoms with Crippen LogP contribution in [-0.4, -0.2) is 24.2 Å². The molecule has 0 radical (unpaired) electrons. The molecule has 1 aliphatic carbocycles. The molecule has 3 nitrogen and oxygen atoms in total. The monoisotopic (exact) mass is 253 g/mol. The molecule has 2 N–H and O–H groups in total. The van der Waals surface area contributed by atoms with Crippen molar-refractivity contribution in [2.75, 3.05) is 13.2 Å². The molecule has 1 rings (SSSR count). The molecule has 0 spiro atoms. The van der Waals surface area contributed by atoms with Crippen molar-refractivity contribution < 1.29 is 9.90 Å². The normalized spacial score (nSPS) is 17.1. The molecule has 0 heterocycles. The van der Waals surface area contributed by atoms with E-state index in [4.69, 9.17) is 5.11 Å². The SMILES string of the molecule is CCCC(CCO)CNC(=O)CC1=CCCCC1.